The second-order valence-electron chi connectivity index (χ2n) is 14.9. The molecule has 0 N–H and O–H groups in total. The van der Waals surface area contributed by atoms with Crippen LogP contribution in [0.3, 0.4) is 0 Å². The van der Waals surface area contributed by atoms with E-state index in [1.807, 2.05) is 29.6 Å². The Kier molecular flexibility index (Phi) is 9.33. The summed E-state index contributed by atoms with van der Waals surface area (Å²) in [4.78, 5) is 2.37. The third-order valence-electron chi connectivity index (χ3n) is 11.7. The molecule has 8 aromatic carbocycles. The summed E-state index contributed by atoms with van der Waals surface area (Å²) in [6.45, 7) is 8.37. The van der Waals surface area contributed by atoms with Crippen LogP contribution in [-0.2, 0) is 5.41 Å². The zero-order chi connectivity index (χ0) is 39.8. The molecule has 0 bridgehead atoms. The van der Waals surface area contributed by atoms with Crippen molar-refractivity contribution in [2.24, 2.45) is 0 Å². The minimum Gasteiger partial charge on any atom is -0.310 e. The lowest BCUT2D eigenvalue weighted by Crippen LogP contribution is -2.28. The molecule has 59 heavy (non-hydrogen) atoms. The first-order chi connectivity index (χ1) is 29.2. The number of nitrogens with zero attached hydrogens (tertiary/aromatic N) is 1. The minimum absolute atomic E-state index is 0.530. The Balaban J connectivity index is 1.20. The van der Waals surface area contributed by atoms with Crippen molar-refractivity contribution in [3.8, 4) is 22.3 Å². The van der Waals surface area contributed by atoms with E-state index in [2.05, 4.69) is 224 Å². The van der Waals surface area contributed by atoms with Crippen LogP contribution in [0.5, 0.6) is 0 Å². The fraction of sp³-hybridized carbons (Fsp3) is 0.0175. The molecule has 0 saturated heterocycles. The van der Waals surface area contributed by atoms with E-state index in [4.69, 9.17) is 0 Å². The van der Waals surface area contributed by atoms with E-state index in [1.54, 1.807) is 0 Å². The van der Waals surface area contributed by atoms with Crippen molar-refractivity contribution in [3.05, 3.63) is 265 Å². The summed E-state index contributed by atoms with van der Waals surface area (Å²) in [5, 5.41) is 2.61. The molecule has 0 fully saturated rings. The van der Waals surface area contributed by atoms with Gasteiger partial charge in [0.1, 0.15) is 0 Å². The molecular weight excluding hydrogens is 731 g/mol. The van der Waals surface area contributed by atoms with Crippen molar-refractivity contribution in [3.63, 3.8) is 0 Å². The number of hydrogen-bond acceptors (Lipinski definition) is 2. The molecule has 0 atom stereocenters. The highest BCUT2D eigenvalue weighted by molar-refractivity contribution is 7.25. The summed E-state index contributed by atoms with van der Waals surface area (Å²) in [6, 6.07) is 70.9. The van der Waals surface area contributed by atoms with E-state index in [9.17, 15) is 0 Å². The highest BCUT2D eigenvalue weighted by Gasteiger charge is 2.46. The molecule has 1 aliphatic carbocycles. The molecule has 1 aromatic heterocycles. The van der Waals surface area contributed by atoms with Gasteiger partial charge in [-0.3, -0.25) is 0 Å². The highest BCUT2D eigenvalue weighted by Crippen LogP contribution is 2.57. The standard InChI is InChI=1S/C57H41NS/c1-3-5-19-40-20-12-13-21-41(40)36-46(4-2)58(47-27-18-22-42(37-47)43-32-34-52-51-29-15-17-31-55(51)59-56(52)38-43)48-33-35-50-49-28-14-16-30-53(49)57(54(50)39-48,44-23-8-6-9-24-44)45-25-10-7-11-26-45/h3-39H,1-2H2/b19-5-,46-36+. The van der Waals surface area contributed by atoms with Crippen molar-refractivity contribution < 1.29 is 0 Å². The molecule has 0 radical (unpaired) electrons. The van der Waals surface area contributed by atoms with E-state index in [-0.39, 0.29) is 0 Å². The number of benzene rings is 8. The molecule has 0 aliphatic heterocycles. The Morgan fingerprint density at radius 1 is 0.492 bits per heavy atom. The van der Waals surface area contributed by atoms with Gasteiger partial charge in [-0.1, -0.05) is 189 Å². The van der Waals surface area contributed by atoms with Gasteiger partial charge in [0.25, 0.3) is 0 Å². The van der Waals surface area contributed by atoms with Gasteiger partial charge >= 0.3 is 0 Å². The highest BCUT2D eigenvalue weighted by atomic mass is 32.1. The molecule has 2 heteroatoms. The number of rotatable bonds is 10. The van der Waals surface area contributed by atoms with E-state index in [1.165, 1.54) is 59.1 Å². The number of allylic oxidation sites excluding steroid dienone is 3. The molecule has 1 nitrogen and oxygen atoms in total. The van der Waals surface area contributed by atoms with E-state index < -0.39 is 5.41 Å². The average Bonchev–Trinajstić information content (AvgIpc) is 3.82. The van der Waals surface area contributed by atoms with Gasteiger partial charge in [0.15, 0.2) is 0 Å². The van der Waals surface area contributed by atoms with Gasteiger partial charge in [0, 0.05) is 37.2 Å². The van der Waals surface area contributed by atoms with Crippen molar-refractivity contribution in [1.82, 2.24) is 0 Å². The maximum atomic E-state index is 4.44. The van der Waals surface area contributed by atoms with Crippen LogP contribution >= 0.6 is 11.3 Å². The lowest BCUT2D eigenvalue weighted by Gasteiger charge is -2.35. The van der Waals surface area contributed by atoms with Gasteiger partial charge in [0.05, 0.1) is 5.41 Å². The first-order valence-electron chi connectivity index (χ1n) is 20.1. The number of thiophene rings is 1. The topological polar surface area (TPSA) is 3.24 Å². The fourth-order valence-corrected chi connectivity index (χ4v) is 10.2. The third-order valence-corrected chi connectivity index (χ3v) is 12.8. The summed E-state index contributed by atoms with van der Waals surface area (Å²) in [5.74, 6) is 0. The van der Waals surface area contributed by atoms with Gasteiger partial charge in [-0.25, -0.2) is 0 Å². The molecule has 1 aliphatic rings. The first kappa shape index (κ1) is 36.1. The van der Waals surface area contributed by atoms with Gasteiger partial charge in [-0.05, 0) is 104 Å². The molecule has 0 saturated carbocycles. The molecular formula is C57H41NS. The zero-order valence-corrected chi connectivity index (χ0v) is 33.4. The van der Waals surface area contributed by atoms with Crippen LogP contribution in [0.4, 0.5) is 11.4 Å². The van der Waals surface area contributed by atoms with Crippen LogP contribution in [0.1, 0.15) is 33.4 Å². The third kappa shape index (κ3) is 6.17. The summed E-state index contributed by atoms with van der Waals surface area (Å²) >= 11 is 1.85. The lowest BCUT2D eigenvalue weighted by molar-refractivity contribution is 0.768. The smallest absolute Gasteiger partial charge is 0.0714 e. The second-order valence-corrected chi connectivity index (χ2v) is 16.0. The number of fused-ring (bicyclic) bond motifs is 6. The predicted molar refractivity (Wildman–Crippen MR) is 254 cm³/mol. The maximum absolute atomic E-state index is 4.44. The van der Waals surface area contributed by atoms with Gasteiger partial charge in [-0.2, -0.15) is 0 Å². The van der Waals surface area contributed by atoms with E-state index in [0.717, 1.165) is 33.8 Å². The Labute approximate surface area is 350 Å². The van der Waals surface area contributed by atoms with Crippen LogP contribution in [0.25, 0.3) is 54.6 Å². The summed E-state index contributed by atoms with van der Waals surface area (Å²) < 4.78 is 2.60. The normalized spacial score (nSPS) is 13.1. The van der Waals surface area contributed by atoms with Crippen molar-refractivity contribution in [1.29, 1.82) is 0 Å². The van der Waals surface area contributed by atoms with Crippen molar-refractivity contribution in [2.45, 2.75) is 5.41 Å². The van der Waals surface area contributed by atoms with Crippen LogP contribution in [0.2, 0.25) is 0 Å². The van der Waals surface area contributed by atoms with Crippen molar-refractivity contribution in [2.75, 3.05) is 4.90 Å². The SMILES string of the molecule is C=C/C=C\c1ccccc1/C=C(\C=C)N(c1cccc(-c2ccc3c(c2)sc2ccccc23)c1)c1ccc2c(c1)C(c1ccccc1)(c1ccccc1)c1ccccc1-2. The second kappa shape index (κ2) is 15.2. The minimum atomic E-state index is -0.530. The Morgan fingerprint density at radius 3 is 1.92 bits per heavy atom. The van der Waals surface area contributed by atoms with E-state index >= 15 is 0 Å². The van der Waals surface area contributed by atoms with Crippen LogP contribution in [0.15, 0.2) is 231 Å². The van der Waals surface area contributed by atoms with E-state index in [0.29, 0.717) is 0 Å². The first-order valence-corrected chi connectivity index (χ1v) is 20.9. The maximum Gasteiger partial charge on any atom is 0.0714 e. The Hall–Kier alpha value is -7.26. The van der Waals surface area contributed by atoms with Crippen LogP contribution in [0, 0.1) is 0 Å². The van der Waals surface area contributed by atoms with Crippen LogP contribution < -0.4 is 4.90 Å². The van der Waals surface area contributed by atoms with Gasteiger partial charge in [0.2, 0.25) is 0 Å². The molecule has 0 unspecified atom stereocenters. The van der Waals surface area contributed by atoms with Crippen molar-refractivity contribution >= 4 is 55.0 Å². The van der Waals surface area contributed by atoms with Gasteiger partial charge < -0.3 is 4.90 Å². The zero-order valence-electron chi connectivity index (χ0n) is 32.6. The largest absolute Gasteiger partial charge is 0.310 e. The predicted octanol–water partition coefficient (Wildman–Crippen LogP) is 15.6. The average molecular weight is 772 g/mol. The molecule has 0 spiro atoms. The molecule has 280 valence electrons. The quantitative estimate of drug-likeness (QED) is 0.125. The van der Waals surface area contributed by atoms with Crippen LogP contribution in [-0.4, -0.2) is 0 Å². The monoisotopic (exact) mass is 771 g/mol. The lowest BCUT2D eigenvalue weighted by atomic mass is 9.67. The number of anilines is 2. The molecule has 0 amide bonds. The summed E-state index contributed by atoms with van der Waals surface area (Å²) in [6.07, 6.45) is 10.1. The number of hydrogen-bond donors (Lipinski definition) is 0. The van der Waals surface area contributed by atoms with Gasteiger partial charge in [-0.15, -0.1) is 11.3 Å². The Morgan fingerprint density at radius 2 is 1.14 bits per heavy atom. The molecule has 10 rings (SSSR count). The fourth-order valence-electron chi connectivity index (χ4n) is 9.09. The molecule has 9 aromatic rings. The Bertz CT molecular complexity index is 3050. The summed E-state index contributed by atoms with van der Waals surface area (Å²) in [5.41, 5.74) is 14.6. The summed E-state index contributed by atoms with van der Waals surface area (Å²) in [7, 11) is 0. The molecule has 1 heterocycles.